The Labute approximate surface area is 174 Å². The normalized spacial score (nSPS) is 23.1. The lowest BCUT2D eigenvalue weighted by atomic mass is 9.94. The second kappa shape index (κ2) is 7.46. The van der Waals surface area contributed by atoms with Crippen molar-refractivity contribution in [3.63, 3.8) is 0 Å². The van der Waals surface area contributed by atoms with Crippen LogP contribution in [0.1, 0.15) is 12.0 Å². The lowest BCUT2D eigenvalue weighted by Gasteiger charge is -2.46. The number of pyridine rings is 1. The van der Waals surface area contributed by atoms with Crippen molar-refractivity contribution in [2.75, 3.05) is 32.1 Å². The van der Waals surface area contributed by atoms with Gasteiger partial charge in [0.2, 0.25) is 10.0 Å². The highest BCUT2D eigenvalue weighted by molar-refractivity contribution is 8.01. The number of nitrogens with zero attached hydrogens (tertiary/aromatic N) is 2. The van der Waals surface area contributed by atoms with Gasteiger partial charge >= 0.3 is 0 Å². The van der Waals surface area contributed by atoms with Crippen molar-refractivity contribution in [2.24, 2.45) is 0 Å². The topological polar surface area (TPSA) is 80.8 Å². The van der Waals surface area contributed by atoms with Crippen LogP contribution in [-0.2, 0) is 16.6 Å². The number of sulfonamides is 1. The van der Waals surface area contributed by atoms with E-state index in [2.05, 4.69) is 16.4 Å². The van der Waals surface area contributed by atoms with Crippen molar-refractivity contribution < 1.29 is 17.9 Å². The second-order valence-corrected chi connectivity index (χ2v) is 11.1. The summed E-state index contributed by atoms with van der Waals surface area (Å²) >= 11 is 1.88. The van der Waals surface area contributed by atoms with Gasteiger partial charge in [-0.15, -0.1) is 0 Å². The van der Waals surface area contributed by atoms with Crippen LogP contribution in [0.5, 0.6) is 11.5 Å². The van der Waals surface area contributed by atoms with Crippen LogP contribution < -0.4 is 14.8 Å². The van der Waals surface area contributed by atoms with Gasteiger partial charge in [0.25, 0.3) is 0 Å². The molecule has 0 radical (unpaired) electrons. The van der Waals surface area contributed by atoms with E-state index in [4.69, 9.17) is 9.47 Å². The summed E-state index contributed by atoms with van der Waals surface area (Å²) in [6, 6.07) is 9.25. The molecule has 1 aromatic heterocycles. The fourth-order valence-electron chi connectivity index (χ4n) is 4.06. The Morgan fingerprint density at radius 1 is 1.21 bits per heavy atom. The minimum Gasteiger partial charge on any atom is -0.486 e. The van der Waals surface area contributed by atoms with Gasteiger partial charge in [-0.2, -0.15) is 16.1 Å². The third-order valence-electron chi connectivity index (χ3n) is 5.61. The average molecular weight is 434 g/mol. The maximum atomic E-state index is 13.0. The number of fused-ring (bicyclic) bond motifs is 1. The molecule has 29 heavy (non-hydrogen) atoms. The molecule has 2 saturated heterocycles. The van der Waals surface area contributed by atoms with Crippen LogP contribution in [0.3, 0.4) is 0 Å². The van der Waals surface area contributed by atoms with E-state index < -0.39 is 10.0 Å². The van der Waals surface area contributed by atoms with E-state index in [0.29, 0.717) is 43.8 Å². The Morgan fingerprint density at radius 2 is 2.03 bits per heavy atom. The van der Waals surface area contributed by atoms with E-state index in [-0.39, 0.29) is 9.64 Å². The molecule has 2 aromatic rings. The lowest BCUT2D eigenvalue weighted by molar-refractivity contribution is 0.171. The predicted molar refractivity (Wildman–Crippen MR) is 111 cm³/mol. The highest BCUT2D eigenvalue weighted by Crippen LogP contribution is 2.47. The summed E-state index contributed by atoms with van der Waals surface area (Å²) in [5.74, 6) is 2.10. The molecule has 3 aliphatic heterocycles. The van der Waals surface area contributed by atoms with E-state index in [1.165, 1.54) is 0 Å². The standard InChI is InChI=1S/C20H23N3O4S2/c24-29(25,17-3-4-18-19(8-17)27-7-6-26-18)23-13-20(14-23)9-16(12-28-20)22-11-15-2-1-5-21-10-15/h1-5,8,10,16,22H,6-7,9,11-14H2. The summed E-state index contributed by atoms with van der Waals surface area (Å²) in [6.07, 6.45) is 4.62. The quantitative estimate of drug-likeness (QED) is 0.771. The number of aromatic nitrogens is 1. The summed E-state index contributed by atoms with van der Waals surface area (Å²) in [6.45, 7) is 2.82. The van der Waals surface area contributed by atoms with Crippen molar-refractivity contribution in [2.45, 2.75) is 28.6 Å². The first kappa shape index (κ1) is 19.2. The van der Waals surface area contributed by atoms with Gasteiger partial charge in [0, 0.05) is 54.6 Å². The zero-order valence-corrected chi connectivity index (χ0v) is 17.5. The van der Waals surface area contributed by atoms with Crippen molar-refractivity contribution in [3.8, 4) is 11.5 Å². The molecule has 0 saturated carbocycles. The van der Waals surface area contributed by atoms with Crippen molar-refractivity contribution in [1.82, 2.24) is 14.6 Å². The van der Waals surface area contributed by atoms with Crippen LogP contribution in [0.4, 0.5) is 0 Å². The maximum absolute atomic E-state index is 13.0. The molecule has 0 aliphatic carbocycles. The SMILES string of the molecule is O=S(=O)(c1ccc2c(c1)OCCO2)N1CC2(CC(NCc3cccnc3)CS2)C1. The van der Waals surface area contributed by atoms with Gasteiger partial charge < -0.3 is 14.8 Å². The van der Waals surface area contributed by atoms with Crippen LogP contribution in [0.15, 0.2) is 47.6 Å². The first-order chi connectivity index (χ1) is 14.0. The average Bonchev–Trinajstić information content (AvgIpc) is 3.16. The minimum atomic E-state index is -3.52. The molecule has 9 heteroatoms. The Kier molecular flexibility index (Phi) is 4.93. The first-order valence-corrected chi connectivity index (χ1v) is 12.1. The molecule has 5 rings (SSSR count). The number of benzene rings is 1. The number of rotatable bonds is 5. The van der Waals surface area contributed by atoms with E-state index >= 15 is 0 Å². The van der Waals surface area contributed by atoms with Crippen LogP contribution >= 0.6 is 11.8 Å². The molecule has 1 unspecified atom stereocenters. The highest BCUT2D eigenvalue weighted by atomic mass is 32.2. The van der Waals surface area contributed by atoms with Gasteiger partial charge in [-0.05, 0) is 30.2 Å². The molecule has 0 amide bonds. The van der Waals surface area contributed by atoms with Crippen LogP contribution in [-0.4, -0.2) is 60.6 Å². The number of ether oxygens (including phenoxy) is 2. The molecule has 1 atom stereocenters. The molecule has 3 aliphatic rings. The Hall–Kier alpha value is -1.81. The highest BCUT2D eigenvalue weighted by Gasteiger charge is 2.52. The molecular formula is C20H23N3O4S2. The monoisotopic (exact) mass is 433 g/mol. The molecule has 1 N–H and O–H groups in total. The molecule has 1 aromatic carbocycles. The number of hydrogen-bond acceptors (Lipinski definition) is 7. The molecule has 0 bridgehead atoms. The van der Waals surface area contributed by atoms with Crippen molar-refractivity contribution in [1.29, 1.82) is 0 Å². The van der Waals surface area contributed by atoms with Gasteiger partial charge in [0.05, 0.1) is 4.90 Å². The Morgan fingerprint density at radius 3 is 2.83 bits per heavy atom. The third kappa shape index (κ3) is 3.72. The van der Waals surface area contributed by atoms with Gasteiger partial charge in [0.15, 0.2) is 11.5 Å². The zero-order valence-electron chi connectivity index (χ0n) is 15.9. The lowest BCUT2D eigenvalue weighted by Crippen LogP contribution is -2.60. The van der Waals surface area contributed by atoms with Crippen LogP contribution in [0, 0.1) is 0 Å². The Bertz CT molecular complexity index is 994. The zero-order chi connectivity index (χ0) is 19.9. The smallest absolute Gasteiger partial charge is 0.243 e. The molecule has 1 spiro atoms. The molecule has 7 nitrogen and oxygen atoms in total. The Balaban J connectivity index is 1.20. The van der Waals surface area contributed by atoms with E-state index in [0.717, 1.165) is 24.3 Å². The number of hydrogen-bond donors (Lipinski definition) is 1. The summed E-state index contributed by atoms with van der Waals surface area (Å²) in [5, 5.41) is 3.58. The molecule has 4 heterocycles. The summed E-state index contributed by atoms with van der Waals surface area (Å²) in [5.41, 5.74) is 1.16. The first-order valence-electron chi connectivity index (χ1n) is 9.70. The summed E-state index contributed by atoms with van der Waals surface area (Å²) in [4.78, 5) is 4.41. The molecular weight excluding hydrogens is 410 g/mol. The maximum Gasteiger partial charge on any atom is 0.243 e. The number of thioether (sulfide) groups is 1. The third-order valence-corrected chi connectivity index (χ3v) is 9.00. The second-order valence-electron chi connectivity index (χ2n) is 7.72. The largest absolute Gasteiger partial charge is 0.486 e. The van der Waals surface area contributed by atoms with Crippen molar-refractivity contribution in [3.05, 3.63) is 48.3 Å². The van der Waals surface area contributed by atoms with E-state index in [9.17, 15) is 8.42 Å². The van der Waals surface area contributed by atoms with Crippen LogP contribution in [0.25, 0.3) is 0 Å². The van der Waals surface area contributed by atoms with Gasteiger partial charge in [-0.3, -0.25) is 4.98 Å². The number of nitrogens with one attached hydrogen (secondary N) is 1. The predicted octanol–water partition coefficient (Wildman–Crippen LogP) is 1.89. The fourth-order valence-corrected chi connectivity index (χ4v) is 7.46. The minimum absolute atomic E-state index is 0.0213. The van der Waals surface area contributed by atoms with Gasteiger partial charge in [0.1, 0.15) is 13.2 Å². The molecule has 154 valence electrons. The van der Waals surface area contributed by atoms with Gasteiger partial charge in [-0.25, -0.2) is 8.42 Å². The summed E-state index contributed by atoms with van der Waals surface area (Å²) in [7, 11) is -3.52. The summed E-state index contributed by atoms with van der Waals surface area (Å²) < 4.78 is 38.7. The van der Waals surface area contributed by atoms with Crippen LogP contribution in [0.2, 0.25) is 0 Å². The van der Waals surface area contributed by atoms with Gasteiger partial charge in [-0.1, -0.05) is 6.07 Å². The van der Waals surface area contributed by atoms with Crippen molar-refractivity contribution >= 4 is 21.8 Å². The fraction of sp³-hybridized carbons (Fsp3) is 0.450. The van der Waals surface area contributed by atoms with E-state index in [1.807, 2.05) is 24.0 Å². The molecule has 2 fully saturated rings. The van der Waals surface area contributed by atoms with E-state index in [1.54, 1.807) is 28.7 Å².